The first-order chi connectivity index (χ1) is 69.5. The summed E-state index contributed by atoms with van der Waals surface area (Å²) in [5.41, 5.74) is 1.06. The number of nitrogens with one attached hydrogen (secondary N) is 5. The van der Waals surface area contributed by atoms with E-state index in [1.807, 2.05) is 12.1 Å². The van der Waals surface area contributed by atoms with E-state index < -0.39 is 94.7 Å². The number of carbonyl (C=O) groups excluding carboxylic acids is 9. The van der Waals surface area contributed by atoms with E-state index in [0.29, 0.717) is 108 Å². The van der Waals surface area contributed by atoms with Crippen LogP contribution in [-0.4, -0.2) is 162 Å². The van der Waals surface area contributed by atoms with Gasteiger partial charge in [0.15, 0.2) is 17.3 Å². The number of urea groups is 1. The number of ketones is 3. The molecule has 16 rings (SSSR count). The molecule has 0 aliphatic carbocycles. The Morgan fingerprint density at radius 3 is 1.02 bits per heavy atom. The van der Waals surface area contributed by atoms with Crippen molar-refractivity contribution in [2.75, 3.05) is 109 Å². The molecule has 37 nitrogen and oxygen atoms in total. The lowest BCUT2D eigenvalue weighted by atomic mass is 10.1. The van der Waals surface area contributed by atoms with Gasteiger partial charge in [0.05, 0.1) is 173 Å². The Balaban J connectivity index is 0.000000161. The maximum Gasteiger partial charge on any atom is 0.332 e. The lowest BCUT2D eigenvalue weighted by Crippen LogP contribution is -2.51. The van der Waals surface area contributed by atoms with E-state index in [4.69, 9.17) is 65.8 Å². The molecule has 0 fully saturated rings. The Labute approximate surface area is 830 Å². The smallest absolute Gasteiger partial charge is 0.332 e. The summed E-state index contributed by atoms with van der Waals surface area (Å²) >= 11 is 12.4. The molecule has 0 atom stereocenters. The van der Waals surface area contributed by atoms with Crippen molar-refractivity contribution in [2.24, 2.45) is 0 Å². The second-order valence-corrected chi connectivity index (χ2v) is 32.3. The number of rotatable bonds is 33. The Hall–Kier alpha value is -18.1. The summed E-state index contributed by atoms with van der Waals surface area (Å²) in [6.07, 6.45) is 0. The maximum absolute atomic E-state index is 13.5. The zero-order chi connectivity index (χ0) is 103. The van der Waals surface area contributed by atoms with Crippen LogP contribution >= 0.6 is 23.2 Å². The number of carbonyl (C=O) groups is 9. The number of Topliss-reactive ketones (excluding diaryl/α,β-unsaturated/α-hetero) is 3. The number of methoxy groups -OCH3 is 9. The molecule has 15 aromatic rings. The zero-order valence-electron chi connectivity index (χ0n) is 79.0. The highest BCUT2D eigenvalue weighted by atomic mass is 35.5. The summed E-state index contributed by atoms with van der Waals surface area (Å²) < 4.78 is 53.0. The van der Waals surface area contributed by atoms with Crippen LogP contribution in [0.4, 0.5) is 38.9 Å². The number of halogens is 2. The number of aromatic nitrogens is 6. The minimum atomic E-state index is -0.790. The van der Waals surface area contributed by atoms with Gasteiger partial charge < -0.3 is 74.1 Å². The highest BCUT2D eigenvalue weighted by molar-refractivity contribution is 6.33. The van der Waals surface area contributed by atoms with Gasteiger partial charge in [-0.3, -0.25) is 85.0 Å². The quantitative estimate of drug-likeness (QED) is 0.0238. The maximum atomic E-state index is 13.5. The van der Waals surface area contributed by atoms with E-state index in [-0.39, 0.29) is 88.1 Å². The Kier molecular flexibility index (Phi) is 34.4. The number of benzene rings is 12. The molecule has 0 saturated heterocycles. The zero-order valence-corrected chi connectivity index (χ0v) is 80.5. The number of nitrogens with zero attached hydrogens (tertiary/aromatic N) is 8. The van der Waals surface area contributed by atoms with Gasteiger partial charge in [-0.1, -0.05) is 138 Å². The molecular formula is C105H95Cl2N13O24. The standard InChI is InChI=1S/C27H27ClN4O6.C26H22ClN3O6.2C26H23N3O6/c1-36-22-11-7-5-9-19(22)29-25(33)15-31-14-17-8-4-6-10-21(17)32(27(31)35)16-26(34)30-20-12-18(28)23(37-2)13-24(20)38-3;1-35-22-12-11-16(13-18(22)27)21(31)14-29-20-9-5-3-7-17(20)25(33)30(26(29)34)15-24(32)28-19-8-4-6-10-23(19)36-2;1-34-22-13-7-4-10-18(22)21(30)15-28-20-12-6-3-9-17(20)25(32)29(26(28)33)16-24(31)27-19-11-5-8-14-23(19)35-2;1-34-18-13-11-17(12-14-18)22(30)15-28-21-9-5-3-7-19(21)25(32)29(26(28)33)16-24(31)27-20-8-4-6-10-23(20)35-2/h4-13H,14-16H2,1-3H3,(H,29,33)(H,30,34);3-13H,14-15H2,1-2H3,(H,28,32);2*3-14H,15-16H2,1-2H3,(H,27,31). The van der Waals surface area contributed by atoms with Crippen LogP contribution in [0.25, 0.3) is 32.7 Å². The molecule has 1 aliphatic rings. The topological polar surface area (TPSA) is 435 Å². The lowest BCUT2D eigenvalue weighted by molar-refractivity contribution is -0.117. The molecule has 0 spiro atoms. The summed E-state index contributed by atoms with van der Waals surface area (Å²) in [6.45, 7) is -2.93. The highest BCUT2D eigenvalue weighted by Crippen LogP contribution is 2.38. The fourth-order valence-electron chi connectivity index (χ4n) is 15.6. The normalized spacial score (nSPS) is 11.2. The molecule has 4 heterocycles. The second-order valence-electron chi connectivity index (χ2n) is 31.5. The van der Waals surface area contributed by atoms with Crippen molar-refractivity contribution in [3.8, 4) is 51.7 Å². The van der Waals surface area contributed by atoms with Crippen molar-refractivity contribution in [2.45, 2.75) is 45.8 Å². The van der Waals surface area contributed by atoms with E-state index in [9.17, 15) is 71.9 Å². The van der Waals surface area contributed by atoms with Crippen molar-refractivity contribution in [3.63, 3.8) is 0 Å². The number of anilines is 6. The molecule has 0 bridgehead atoms. The van der Waals surface area contributed by atoms with Crippen molar-refractivity contribution >= 4 is 143 Å². The fraction of sp³-hybridized carbons (Fsp3) is 0.171. The van der Waals surface area contributed by atoms with E-state index in [2.05, 4.69) is 26.6 Å². The molecule has 144 heavy (non-hydrogen) atoms. The Morgan fingerprint density at radius 1 is 0.278 bits per heavy atom. The first kappa shape index (κ1) is 103. The van der Waals surface area contributed by atoms with Crippen LogP contribution in [0.2, 0.25) is 10.0 Å². The van der Waals surface area contributed by atoms with Crippen LogP contribution in [0.3, 0.4) is 0 Å². The summed E-state index contributed by atoms with van der Waals surface area (Å²) in [7, 11) is 13.3. The van der Waals surface area contributed by atoms with Crippen LogP contribution in [0.5, 0.6) is 51.7 Å². The van der Waals surface area contributed by atoms with Crippen molar-refractivity contribution in [1.82, 2.24) is 32.3 Å². The van der Waals surface area contributed by atoms with Gasteiger partial charge in [-0.15, -0.1) is 0 Å². The first-order valence-electron chi connectivity index (χ1n) is 44.0. The third kappa shape index (κ3) is 24.2. The SMILES string of the molecule is COc1cc(OC)c(NC(=O)CN2C(=O)N(CC(=O)Nc3ccccc3OC)Cc3ccccc32)cc1Cl.COc1ccc(C(=O)Cn2c(=O)n(CC(=O)Nc3ccccc3OC)c(=O)c3ccccc32)cc1.COc1ccc(C(=O)Cn2c(=O)n(CC(=O)Nc3ccccc3OC)c(=O)c3ccccc32)cc1Cl.COc1ccccc1NC(=O)Cn1c(=O)c2ccccc2n(CC(=O)c2ccccc2OC)c1=O. The number of hydrogen-bond acceptors (Lipinski definition) is 24. The molecule has 12 aromatic carbocycles. The molecule has 39 heteroatoms. The molecule has 5 N–H and O–H groups in total. The average Bonchev–Trinajstić information content (AvgIpc) is 0.772. The van der Waals surface area contributed by atoms with E-state index in [1.54, 1.807) is 237 Å². The van der Waals surface area contributed by atoms with E-state index in [0.717, 1.165) is 19.3 Å². The molecule has 738 valence electrons. The predicted octanol–water partition coefficient (Wildman–Crippen LogP) is 13.1. The van der Waals surface area contributed by atoms with Gasteiger partial charge in [-0.25, -0.2) is 19.2 Å². The Morgan fingerprint density at radius 2 is 0.611 bits per heavy atom. The van der Waals surface area contributed by atoms with Gasteiger partial charge in [-0.2, -0.15) is 0 Å². The van der Waals surface area contributed by atoms with Crippen molar-refractivity contribution < 1.29 is 85.8 Å². The first-order valence-corrected chi connectivity index (χ1v) is 44.7. The molecule has 0 radical (unpaired) electrons. The van der Waals surface area contributed by atoms with Crippen LogP contribution in [0.15, 0.2) is 302 Å². The monoisotopic (exact) mass is 1990 g/mol. The summed E-state index contributed by atoms with van der Waals surface area (Å²) in [5, 5.41) is 14.7. The van der Waals surface area contributed by atoms with Gasteiger partial charge in [0, 0.05) is 17.2 Å². The number of ether oxygens (including phenoxy) is 9. The lowest BCUT2D eigenvalue weighted by Gasteiger charge is -2.36. The number of fused-ring (bicyclic) bond motifs is 4. The highest BCUT2D eigenvalue weighted by Gasteiger charge is 2.34. The number of amides is 7. The van der Waals surface area contributed by atoms with Gasteiger partial charge in [-0.05, 0) is 157 Å². The summed E-state index contributed by atoms with van der Waals surface area (Å²) in [4.78, 5) is 199. The Bertz CT molecular complexity index is 7830. The van der Waals surface area contributed by atoms with Crippen LogP contribution in [0.1, 0.15) is 36.6 Å². The van der Waals surface area contributed by atoms with E-state index >= 15 is 0 Å². The van der Waals surface area contributed by atoms with Crippen molar-refractivity contribution in [3.05, 3.63) is 368 Å². The largest absolute Gasteiger partial charge is 0.497 e. The minimum absolute atomic E-state index is 0.197. The summed E-state index contributed by atoms with van der Waals surface area (Å²) in [6, 6.07) is 74.2. The minimum Gasteiger partial charge on any atom is -0.497 e. The van der Waals surface area contributed by atoms with Crippen LogP contribution in [-0.2, 0) is 69.8 Å². The van der Waals surface area contributed by atoms with Gasteiger partial charge in [0.25, 0.3) is 16.7 Å². The van der Waals surface area contributed by atoms with Gasteiger partial charge in [0.2, 0.25) is 29.5 Å². The third-order valence-electron chi connectivity index (χ3n) is 22.6. The molecule has 0 saturated carbocycles. The molecule has 3 aromatic heterocycles. The van der Waals surface area contributed by atoms with E-state index in [1.165, 1.54) is 112 Å². The molecular weight excluding hydrogens is 1900 g/mol. The molecule has 7 amide bonds. The van der Waals surface area contributed by atoms with Gasteiger partial charge >= 0.3 is 23.1 Å². The van der Waals surface area contributed by atoms with Gasteiger partial charge in [0.1, 0.15) is 84.5 Å². The van der Waals surface area contributed by atoms with Crippen molar-refractivity contribution in [1.29, 1.82) is 0 Å². The fourth-order valence-corrected chi connectivity index (χ4v) is 16.1. The summed E-state index contributed by atoms with van der Waals surface area (Å²) in [5.74, 6) is 0.154. The second kappa shape index (κ2) is 48.0. The molecule has 1 aliphatic heterocycles. The third-order valence-corrected chi connectivity index (χ3v) is 23.1. The predicted molar refractivity (Wildman–Crippen MR) is 544 cm³/mol. The number of para-hydroxylation sites is 13. The van der Waals surface area contributed by atoms with Crippen LogP contribution < -0.4 is 108 Å². The molecule has 0 unspecified atom stereocenters. The van der Waals surface area contributed by atoms with Crippen LogP contribution in [0, 0.1) is 0 Å². The average molecular weight is 1990 g/mol. The number of hydrogen-bond donors (Lipinski definition) is 5.